The highest BCUT2D eigenvalue weighted by atomic mass is 79.9. The molecular weight excluding hydrogens is 386 g/mol. The summed E-state index contributed by atoms with van der Waals surface area (Å²) < 4.78 is 0.696. The summed E-state index contributed by atoms with van der Waals surface area (Å²) in [5, 5.41) is 9.03. The van der Waals surface area contributed by atoms with Crippen LogP contribution in [0.4, 0.5) is 11.6 Å². The number of hydrogen-bond donors (Lipinski definition) is 2. The van der Waals surface area contributed by atoms with Crippen molar-refractivity contribution in [1.29, 1.82) is 0 Å². The van der Waals surface area contributed by atoms with Crippen LogP contribution >= 0.6 is 15.9 Å². The summed E-state index contributed by atoms with van der Waals surface area (Å²) in [4.78, 5) is 25.6. The van der Waals surface area contributed by atoms with E-state index < -0.39 is 0 Å². The Hall–Kier alpha value is -2.03. The molecule has 0 radical (unpaired) electrons. The number of anilines is 2. The fraction of sp³-hybridized carbons (Fsp3) is 0.353. The number of carbonyl (C=O) groups excluding carboxylic acids is 1. The fourth-order valence-corrected chi connectivity index (χ4v) is 3.17. The molecule has 132 valence electrons. The van der Waals surface area contributed by atoms with Crippen molar-refractivity contribution in [1.82, 2.24) is 14.9 Å². The molecule has 0 amide bonds. The second-order valence-corrected chi connectivity index (χ2v) is 6.76. The lowest BCUT2D eigenvalue weighted by atomic mass is 10.1. The van der Waals surface area contributed by atoms with Crippen LogP contribution in [0.25, 0.3) is 0 Å². The molecule has 1 aliphatic heterocycles. The third kappa shape index (κ3) is 4.15. The molecule has 0 atom stereocenters. The molecule has 3 N–H and O–H groups in total. The standard InChI is InChI=1S/C17H20BrN5O2/c18-12-10-13(17(19)20-11-12)16(25)14-2-1-3-15(21-14)23-6-4-22(5-7-23)8-9-24/h1-3,10-11,24H,4-9H2,(H2,19,20). The molecule has 0 spiro atoms. The topological polar surface area (TPSA) is 95.6 Å². The Morgan fingerprint density at radius 3 is 2.76 bits per heavy atom. The molecule has 3 rings (SSSR count). The van der Waals surface area contributed by atoms with Crippen molar-refractivity contribution in [2.45, 2.75) is 0 Å². The fourth-order valence-electron chi connectivity index (χ4n) is 2.84. The summed E-state index contributed by atoms with van der Waals surface area (Å²) in [5.41, 5.74) is 6.52. The average Bonchev–Trinajstić information content (AvgIpc) is 2.64. The predicted molar refractivity (Wildman–Crippen MR) is 99.8 cm³/mol. The van der Waals surface area contributed by atoms with Crippen LogP contribution in [0.15, 0.2) is 34.9 Å². The van der Waals surface area contributed by atoms with E-state index in [-0.39, 0.29) is 18.2 Å². The van der Waals surface area contributed by atoms with Crippen molar-refractivity contribution >= 4 is 33.3 Å². The van der Waals surface area contributed by atoms with Gasteiger partial charge in [-0.2, -0.15) is 0 Å². The van der Waals surface area contributed by atoms with Crippen LogP contribution < -0.4 is 10.6 Å². The molecule has 0 unspecified atom stereocenters. The highest BCUT2D eigenvalue weighted by Crippen LogP contribution is 2.20. The quantitative estimate of drug-likeness (QED) is 0.720. The predicted octanol–water partition coefficient (Wildman–Crippen LogP) is 1.17. The number of aromatic nitrogens is 2. The SMILES string of the molecule is Nc1ncc(Br)cc1C(=O)c1cccc(N2CCN(CCO)CC2)n1. The molecule has 1 fully saturated rings. The van der Waals surface area contributed by atoms with Gasteiger partial charge in [-0.15, -0.1) is 0 Å². The molecule has 8 heteroatoms. The van der Waals surface area contributed by atoms with E-state index in [4.69, 9.17) is 10.8 Å². The maximum Gasteiger partial charge on any atom is 0.215 e. The summed E-state index contributed by atoms with van der Waals surface area (Å²) in [6.45, 7) is 4.21. The Kier molecular flexibility index (Phi) is 5.62. The number of ketones is 1. The molecule has 3 heterocycles. The lowest BCUT2D eigenvalue weighted by molar-refractivity contribution is 0.103. The molecule has 2 aromatic rings. The zero-order valence-electron chi connectivity index (χ0n) is 13.7. The minimum absolute atomic E-state index is 0.171. The van der Waals surface area contributed by atoms with Gasteiger partial charge in [0.25, 0.3) is 0 Å². The van der Waals surface area contributed by atoms with Gasteiger partial charge in [0.15, 0.2) is 0 Å². The minimum Gasteiger partial charge on any atom is -0.395 e. The third-order valence-corrected chi connectivity index (χ3v) is 4.64. The second-order valence-electron chi connectivity index (χ2n) is 5.85. The first-order chi connectivity index (χ1) is 12.1. The van der Waals surface area contributed by atoms with E-state index in [2.05, 4.69) is 35.7 Å². The first-order valence-corrected chi connectivity index (χ1v) is 8.88. The van der Waals surface area contributed by atoms with E-state index in [0.29, 0.717) is 22.3 Å². The smallest absolute Gasteiger partial charge is 0.215 e. The minimum atomic E-state index is -0.243. The summed E-state index contributed by atoms with van der Waals surface area (Å²) in [5.74, 6) is 0.723. The zero-order valence-corrected chi connectivity index (χ0v) is 15.3. The van der Waals surface area contributed by atoms with Crippen molar-refractivity contribution in [3.8, 4) is 0 Å². The highest BCUT2D eigenvalue weighted by Gasteiger charge is 2.20. The number of piperazine rings is 1. The van der Waals surface area contributed by atoms with E-state index in [1.165, 1.54) is 0 Å². The summed E-state index contributed by atoms with van der Waals surface area (Å²) in [6.07, 6.45) is 1.56. The Labute approximate surface area is 154 Å². The van der Waals surface area contributed by atoms with Gasteiger partial charge in [-0.25, -0.2) is 9.97 Å². The van der Waals surface area contributed by atoms with Gasteiger partial charge in [0.2, 0.25) is 5.78 Å². The number of aliphatic hydroxyl groups is 1. The monoisotopic (exact) mass is 405 g/mol. The van der Waals surface area contributed by atoms with E-state index in [0.717, 1.165) is 32.0 Å². The number of aliphatic hydroxyl groups excluding tert-OH is 1. The zero-order chi connectivity index (χ0) is 17.8. The van der Waals surface area contributed by atoms with E-state index in [1.54, 1.807) is 18.3 Å². The first kappa shape index (κ1) is 17.8. The van der Waals surface area contributed by atoms with Crippen molar-refractivity contribution in [2.75, 3.05) is 50.0 Å². The van der Waals surface area contributed by atoms with Crippen molar-refractivity contribution in [2.24, 2.45) is 0 Å². The number of carbonyl (C=O) groups is 1. The molecule has 1 aliphatic rings. The number of nitrogens with zero attached hydrogens (tertiary/aromatic N) is 4. The van der Waals surface area contributed by atoms with E-state index in [1.807, 2.05) is 12.1 Å². The molecule has 2 aromatic heterocycles. The van der Waals surface area contributed by atoms with Gasteiger partial charge in [-0.3, -0.25) is 9.69 Å². The normalized spacial score (nSPS) is 15.4. The second kappa shape index (κ2) is 7.90. The molecule has 0 bridgehead atoms. The maximum atomic E-state index is 12.7. The van der Waals surface area contributed by atoms with Crippen LogP contribution in [-0.4, -0.2) is 65.1 Å². The Bertz CT molecular complexity index is 762. The summed E-state index contributed by atoms with van der Waals surface area (Å²) >= 11 is 3.31. The summed E-state index contributed by atoms with van der Waals surface area (Å²) in [7, 11) is 0. The molecule has 1 saturated heterocycles. The van der Waals surface area contributed by atoms with Crippen molar-refractivity contribution in [3.05, 3.63) is 46.2 Å². The van der Waals surface area contributed by atoms with Gasteiger partial charge in [0.1, 0.15) is 17.3 Å². The number of nitrogens with two attached hydrogens (primary N) is 1. The summed E-state index contributed by atoms with van der Waals surface area (Å²) in [6, 6.07) is 7.08. The third-order valence-electron chi connectivity index (χ3n) is 4.21. The number of rotatable bonds is 5. The maximum absolute atomic E-state index is 12.7. The lowest BCUT2D eigenvalue weighted by Gasteiger charge is -2.35. The van der Waals surface area contributed by atoms with Gasteiger partial charge >= 0.3 is 0 Å². The van der Waals surface area contributed by atoms with Crippen molar-refractivity contribution < 1.29 is 9.90 Å². The number of hydrogen-bond acceptors (Lipinski definition) is 7. The van der Waals surface area contributed by atoms with Crippen LogP contribution in [0.2, 0.25) is 0 Å². The van der Waals surface area contributed by atoms with Gasteiger partial charge in [-0.05, 0) is 34.1 Å². The van der Waals surface area contributed by atoms with E-state index in [9.17, 15) is 4.79 Å². The van der Waals surface area contributed by atoms with E-state index >= 15 is 0 Å². The molecule has 25 heavy (non-hydrogen) atoms. The van der Waals surface area contributed by atoms with Crippen LogP contribution in [-0.2, 0) is 0 Å². The van der Waals surface area contributed by atoms with Gasteiger partial charge < -0.3 is 15.7 Å². The molecule has 0 saturated carbocycles. The Balaban J connectivity index is 1.78. The van der Waals surface area contributed by atoms with Gasteiger partial charge in [0.05, 0.1) is 12.2 Å². The number of halogens is 1. The first-order valence-electron chi connectivity index (χ1n) is 8.09. The Morgan fingerprint density at radius 1 is 1.28 bits per heavy atom. The number of β-amino-alcohol motifs (C(OH)–C–C–N with tert-alkyl or cyclic N) is 1. The highest BCUT2D eigenvalue weighted by molar-refractivity contribution is 9.10. The Morgan fingerprint density at radius 2 is 2.04 bits per heavy atom. The van der Waals surface area contributed by atoms with Crippen LogP contribution in [0.3, 0.4) is 0 Å². The number of nitrogen functional groups attached to an aromatic ring is 1. The van der Waals surface area contributed by atoms with Gasteiger partial charge in [0, 0.05) is 43.4 Å². The average molecular weight is 406 g/mol. The largest absolute Gasteiger partial charge is 0.395 e. The molecule has 0 aliphatic carbocycles. The molecule has 0 aromatic carbocycles. The van der Waals surface area contributed by atoms with Crippen molar-refractivity contribution in [3.63, 3.8) is 0 Å². The lowest BCUT2D eigenvalue weighted by Crippen LogP contribution is -2.47. The molecule has 7 nitrogen and oxygen atoms in total. The van der Waals surface area contributed by atoms with Crippen LogP contribution in [0, 0.1) is 0 Å². The van der Waals surface area contributed by atoms with Crippen LogP contribution in [0.1, 0.15) is 16.1 Å². The molecular formula is C17H20BrN5O2. The van der Waals surface area contributed by atoms with Gasteiger partial charge in [-0.1, -0.05) is 6.07 Å². The number of pyridine rings is 2. The van der Waals surface area contributed by atoms with Crippen LogP contribution in [0.5, 0.6) is 0 Å².